The lowest BCUT2D eigenvalue weighted by molar-refractivity contribution is 0.111. The fourth-order valence-corrected chi connectivity index (χ4v) is 1.22. The normalized spacial score (nSPS) is 9.22. The molecule has 2 rings (SSSR count). The van der Waals surface area contributed by atoms with Crippen LogP contribution in [0.5, 0.6) is 5.75 Å². The minimum absolute atomic E-state index is 0.116. The maximum Gasteiger partial charge on any atom is 0.154 e. The Morgan fingerprint density at radius 2 is 1.94 bits per heavy atom. The van der Waals surface area contributed by atoms with E-state index >= 15 is 0 Å². The molecule has 0 atom stereocenters. The van der Waals surface area contributed by atoms with E-state index in [0.717, 1.165) is 0 Å². The van der Waals surface area contributed by atoms with Crippen LogP contribution in [-0.2, 0) is 6.61 Å². The number of aromatic hydroxyl groups is 1. The average molecular weight is 246 g/mol. The van der Waals surface area contributed by atoms with E-state index in [1.807, 2.05) is 18.2 Å². The second-order valence-corrected chi connectivity index (χ2v) is 3.43. The molecule has 2 aromatic heterocycles. The number of carbonyl (C=O) groups excluding carboxylic acids is 1. The van der Waals surface area contributed by atoms with Gasteiger partial charge in [0, 0.05) is 24.2 Å². The summed E-state index contributed by atoms with van der Waals surface area (Å²) in [6.45, 7) is 1.29. The molecule has 5 heteroatoms. The number of aldehydes is 1. The summed E-state index contributed by atoms with van der Waals surface area (Å²) in [5.74, 6) is -0.156. The lowest BCUT2D eigenvalue weighted by atomic mass is 10.1. The van der Waals surface area contributed by atoms with E-state index < -0.39 is 0 Å². The van der Waals surface area contributed by atoms with Crippen molar-refractivity contribution < 1.29 is 15.0 Å². The standard InChI is InChI=1S/C8H9NO3.C5H5N/c1-5-8(12)7(4-11)6(3-10)2-9-5;1-2-4-6-5-3-1/h2,4,10,12H,3H2,1H3;1-5H. The summed E-state index contributed by atoms with van der Waals surface area (Å²) in [5.41, 5.74) is 0.840. The number of aromatic nitrogens is 2. The highest BCUT2D eigenvalue weighted by molar-refractivity contribution is 5.81. The third-order valence-corrected chi connectivity index (χ3v) is 2.21. The van der Waals surface area contributed by atoms with Crippen molar-refractivity contribution in [2.45, 2.75) is 13.5 Å². The van der Waals surface area contributed by atoms with E-state index in [0.29, 0.717) is 17.5 Å². The Balaban J connectivity index is 0.000000225. The van der Waals surface area contributed by atoms with Crippen molar-refractivity contribution >= 4 is 6.29 Å². The lowest BCUT2D eigenvalue weighted by Crippen LogP contribution is -1.96. The zero-order valence-electron chi connectivity index (χ0n) is 9.95. The number of aryl methyl sites for hydroxylation is 1. The molecule has 2 N–H and O–H groups in total. The van der Waals surface area contributed by atoms with Gasteiger partial charge in [-0.2, -0.15) is 0 Å². The third-order valence-electron chi connectivity index (χ3n) is 2.21. The summed E-state index contributed by atoms with van der Waals surface area (Å²) in [6.07, 6.45) is 5.38. The molecular weight excluding hydrogens is 232 g/mol. The summed E-state index contributed by atoms with van der Waals surface area (Å²) in [6, 6.07) is 5.72. The molecule has 18 heavy (non-hydrogen) atoms. The second-order valence-electron chi connectivity index (χ2n) is 3.43. The van der Waals surface area contributed by atoms with Crippen LogP contribution in [-0.4, -0.2) is 26.5 Å². The van der Waals surface area contributed by atoms with Gasteiger partial charge in [0.1, 0.15) is 5.75 Å². The highest BCUT2D eigenvalue weighted by atomic mass is 16.3. The van der Waals surface area contributed by atoms with Crippen LogP contribution in [0.25, 0.3) is 0 Å². The molecule has 2 aromatic rings. The molecule has 94 valence electrons. The highest BCUT2D eigenvalue weighted by Crippen LogP contribution is 2.21. The Morgan fingerprint density at radius 1 is 1.28 bits per heavy atom. The van der Waals surface area contributed by atoms with Crippen LogP contribution < -0.4 is 0 Å². The van der Waals surface area contributed by atoms with Crippen LogP contribution in [0.15, 0.2) is 36.8 Å². The average Bonchev–Trinajstić information content (AvgIpc) is 2.44. The molecule has 0 amide bonds. The first-order chi connectivity index (χ1) is 8.70. The summed E-state index contributed by atoms with van der Waals surface area (Å²) in [7, 11) is 0. The molecule has 0 aliphatic heterocycles. The van der Waals surface area contributed by atoms with Crippen molar-refractivity contribution in [3.8, 4) is 5.75 Å². The minimum atomic E-state index is -0.297. The van der Waals surface area contributed by atoms with Gasteiger partial charge in [0.05, 0.1) is 17.9 Å². The van der Waals surface area contributed by atoms with E-state index in [1.165, 1.54) is 6.20 Å². The Bertz CT molecular complexity index is 474. The minimum Gasteiger partial charge on any atom is -0.505 e. The van der Waals surface area contributed by atoms with Crippen molar-refractivity contribution in [2.75, 3.05) is 0 Å². The fraction of sp³-hybridized carbons (Fsp3) is 0.154. The van der Waals surface area contributed by atoms with Crippen molar-refractivity contribution in [3.63, 3.8) is 0 Å². The summed E-state index contributed by atoms with van der Waals surface area (Å²) in [4.78, 5) is 18.0. The van der Waals surface area contributed by atoms with Crippen LogP contribution in [0, 0.1) is 6.92 Å². The second kappa shape index (κ2) is 7.13. The first-order valence-electron chi connectivity index (χ1n) is 5.29. The molecule has 0 bridgehead atoms. The monoisotopic (exact) mass is 246 g/mol. The number of carbonyl (C=O) groups is 1. The Hall–Kier alpha value is -2.27. The number of rotatable bonds is 2. The van der Waals surface area contributed by atoms with Gasteiger partial charge in [-0.1, -0.05) is 6.07 Å². The van der Waals surface area contributed by atoms with Crippen LogP contribution in [0.2, 0.25) is 0 Å². The Morgan fingerprint density at radius 3 is 2.33 bits per heavy atom. The van der Waals surface area contributed by atoms with Gasteiger partial charge in [0.2, 0.25) is 0 Å². The molecule has 0 spiro atoms. The Kier molecular flexibility index (Phi) is 5.47. The number of nitrogens with zero attached hydrogens (tertiary/aromatic N) is 2. The van der Waals surface area contributed by atoms with Crippen molar-refractivity contribution in [1.82, 2.24) is 9.97 Å². The first-order valence-corrected chi connectivity index (χ1v) is 5.29. The SMILES string of the molecule is Cc1ncc(CO)c(C=O)c1O.c1ccncc1. The molecule has 0 unspecified atom stereocenters. The maximum atomic E-state index is 10.5. The van der Waals surface area contributed by atoms with Crippen LogP contribution >= 0.6 is 0 Å². The summed E-state index contributed by atoms with van der Waals surface area (Å²) >= 11 is 0. The fourth-order valence-electron chi connectivity index (χ4n) is 1.22. The zero-order chi connectivity index (χ0) is 13.4. The Labute approximate surface area is 105 Å². The molecule has 0 saturated carbocycles. The topological polar surface area (TPSA) is 83.3 Å². The van der Waals surface area contributed by atoms with Crippen molar-refractivity contribution in [3.05, 3.63) is 53.6 Å². The molecule has 5 nitrogen and oxygen atoms in total. The van der Waals surface area contributed by atoms with Gasteiger partial charge >= 0.3 is 0 Å². The van der Waals surface area contributed by atoms with E-state index in [2.05, 4.69) is 9.97 Å². The molecule has 0 aromatic carbocycles. The van der Waals surface area contributed by atoms with Crippen LogP contribution in [0.1, 0.15) is 21.6 Å². The van der Waals surface area contributed by atoms with Gasteiger partial charge < -0.3 is 10.2 Å². The number of hydrogen-bond donors (Lipinski definition) is 2. The molecule has 2 heterocycles. The lowest BCUT2D eigenvalue weighted by Gasteiger charge is -2.04. The zero-order valence-corrected chi connectivity index (χ0v) is 9.95. The first kappa shape index (κ1) is 13.8. The van der Waals surface area contributed by atoms with Gasteiger partial charge in [-0.05, 0) is 19.1 Å². The summed E-state index contributed by atoms with van der Waals surface area (Å²) < 4.78 is 0. The molecule has 0 aliphatic rings. The number of aliphatic hydroxyl groups excluding tert-OH is 1. The number of pyridine rings is 2. The molecule has 0 saturated heterocycles. The van der Waals surface area contributed by atoms with Crippen molar-refractivity contribution in [1.29, 1.82) is 0 Å². The van der Waals surface area contributed by atoms with Crippen LogP contribution in [0.3, 0.4) is 0 Å². The number of hydrogen-bond acceptors (Lipinski definition) is 5. The molecule has 0 radical (unpaired) electrons. The predicted molar refractivity (Wildman–Crippen MR) is 66.2 cm³/mol. The van der Waals surface area contributed by atoms with Gasteiger partial charge in [-0.15, -0.1) is 0 Å². The van der Waals surface area contributed by atoms with Crippen LogP contribution in [0.4, 0.5) is 0 Å². The van der Waals surface area contributed by atoms with E-state index in [4.69, 9.17) is 5.11 Å². The molecule has 0 aliphatic carbocycles. The number of aliphatic hydroxyl groups is 1. The van der Waals surface area contributed by atoms with Crippen molar-refractivity contribution in [2.24, 2.45) is 0 Å². The van der Waals surface area contributed by atoms with E-state index in [9.17, 15) is 9.90 Å². The van der Waals surface area contributed by atoms with Gasteiger partial charge in [0.25, 0.3) is 0 Å². The molecule has 0 fully saturated rings. The quantitative estimate of drug-likeness (QED) is 0.784. The predicted octanol–water partition coefficient (Wildman–Crippen LogP) is 1.48. The van der Waals surface area contributed by atoms with Gasteiger partial charge in [-0.3, -0.25) is 14.8 Å². The largest absolute Gasteiger partial charge is 0.505 e. The van der Waals surface area contributed by atoms with E-state index in [-0.39, 0.29) is 17.9 Å². The molecular formula is C13H14N2O3. The van der Waals surface area contributed by atoms with Gasteiger partial charge in [0.15, 0.2) is 6.29 Å². The smallest absolute Gasteiger partial charge is 0.154 e. The summed E-state index contributed by atoms with van der Waals surface area (Å²) in [5, 5.41) is 18.1. The highest BCUT2D eigenvalue weighted by Gasteiger charge is 2.09. The third kappa shape index (κ3) is 3.64. The van der Waals surface area contributed by atoms with E-state index in [1.54, 1.807) is 19.3 Å². The van der Waals surface area contributed by atoms with Gasteiger partial charge in [-0.25, -0.2) is 0 Å². The maximum absolute atomic E-state index is 10.5.